The summed E-state index contributed by atoms with van der Waals surface area (Å²) in [5.74, 6) is 0. The molecule has 0 amide bonds. The standard InChI is InChI=1S/C20H25ClN2/c1-4-12-23(13-5-2)18-11-10-17(19(21)14-18)15-22-20-9-7-6-8-16(20)3/h6-11,14-15H,4-5,12-13H2,1-3H3. The van der Waals surface area contributed by atoms with Crippen LogP contribution in [-0.4, -0.2) is 19.3 Å². The van der Waals surface area contributed by atoms with Gasteiger partial charge in [0.25, 0.3) is 0 Å². The number of benzene rings is 2. The van der Waals surface area contributed by atoms with Gasteiger partial charge in [-0.2, -0.15) is 0 Å². The summed E-state index contributed by atoms with van der Waals surface area (Å²) in [6.07, 6.45) is 4.11. The van der Waals surface area contributed by atoms with Gasteiger partial charge in [0.2, 0.25) is 0 Å². The molecule has 3 heteroatoms. The molecule has 0 saturated heterocycles. The van der Waals surface area contributed by atoms with Crippen LogP contribution < -0.4 is 4.90 Å². The second-order valence-electron chi connectivity index (χ2n) is 5.74. The Morgan fingerprint density at radius 2 is 1.74 bits per heavy atom. The molecule has 0 aliphatic rings. The molecule has 0 heterocycles. The molecule has 2 nitrogen and oxygen atoms in total. The number of nitrogens with zero attached hydrogens (tertiary/aromatic N) is 2. The molecule has 2 rings (SSSR count). The number of para-hydroxylation sites is 1. The third kappa shape index (κ3) is 4.84. The average Bonchev–Trinajstić information content (AvgIpc) is 2.55. The Kier molecular flexibility index (Phi) is 6.66. The topological polar surface area (TPSA) is 15.6 Å². The Morgan fingerprint density at radius 1 is 1.04 bits per heavy atom. The Morgan fingerprint density at radius 3 is 2.35 bits per heavy atom. The van der Waals surface area contributed by atoms with Crippen molar-refractivity contribution in [3.8, 4) is 0 Å². The van der Waals surface area contributed by atoms with Crippen molar-refractivity contribution in [3.63, 3.8) is 0 Å². The summed E-state index contributed by atoms with van der Waals surface area (Å²) >= 11 is 6.46. The van der Waals surface area contributed by atoms with Crippen LogP contribution in [0.25, 0.3) is 0 Å². The van der Waals surface area contributed by atoms with Crippen LogP contribution in [0, 0.1) is 6.92 Å². The lowest BCUT2D eigenvalue weighted by Gasteiger charge is -2.24. The van der Waals surface area contributed by atoms with Gasteiger partial charge in [-0.3, -0.25) is 4.99 Å². The minimum Gasteiger partial charge on any atom is -0.372 e. The Bertz CT molecular complexity index is 658. The fourth-order valence-electron chi connectivity index (χ4n) is 2.57. The number of hydrogen-bond donors (Lipinski definition) is 0. The lowest BCUT2D eigenvalue weighted by Crippen LogP contribution is -2.24. The van der Waals surface area contributed by atoms with Gasteiger partial charge in [-0.05, 0) is 49.6 Å². The van der Waals surface area contributed by atoms with Crippen LogP contribution in [0.4, 0.5) is 11.4 Å². The van der Waals surface area contributed by atoms with Gasteiger partial charge in [0, 0.05) is 30.6 Å². The van der Waals surface area contributed by atoms with Crippen molar-refractivity contribution < 1.29 is 0 Å². The van der Waals surface area contributed by atoms with Gasteiger partial charge in [-0.1, -0.05) is 43.6 Å². The van der Waals surface area contributed by atoms with Crippen LogP contribution in [0.2, 0.25) is 5.02 Å². The smallest absolute Gasteiger partial charge is 0.0659 e. The lowest BCUT2D eigenvalue weighted by molar-refractivity contribution is 0.745. The van der Waals surface area contributed by atoms with Crippen LogP contribution in [0.3, 0.4) is 0 Å². The van der Waals surface area contributed by atoms with Crippen molar-refractivity contribution in [3.05, 3.63) is 58.6 Å². The molecular weight excluding hydrogens is 304 g/mol. The van der Waals surface area contributed by atoms with E-state index in [9.17, 15) is 0 Å². The van der Waals surface area contributed by atoms with E-state index in [2.05, 4.69) is 48.9 Å². The zero-order chi connectivity index (χ0) is 16.7. The fraction of sp³-hybridized carbons (Fsp3) is 0.350. The van der Waals surface area contributed by atoms with Gasteiger partial charge in [0.05, 0.1) is 10.7 Å². The fourth-order valence-corrected chi connectivity index (χ4v) is 2.80. The van der Waals surface area contributed by atoms with Gasteiger partial charge < -0.3 is 4.90 Å². The Balaban J connectivity index is 2.20. The summed E-state index contributed by atoms with van der Waals surface area (Å²) in [5.41, 5.74) is 4.28. The SMILES string of the molecule is CCCN(CCC)c1ccc(C=Nc2ccccc2C)c(Cl)c1. The summed E-state index contributed by atoms with van der Waals surface area (Å²) in [7, 11) is 0. The molecule has 122 valence electrons. The van der Waals surface area contributed by atoms with Gasteiger partial charge in [0.15, 0.2) is 0 Å². The van der Waals surface area contributed by atoms with Crippen molar-refractivity contribution in [1.82, 2.24) is 0 Å². The molecule has 23 heavy (non-hydrogen) atoms. The van der Waals surface area contributed by atoms with Gasteiger partial charge in [-0.25, -0.2) is 0 Å². The van der Waals surface area contributed by atoms with Crippen LogP contribution in [0.1, 0.15) is 37.8 Å². The number of aryl methyl sites for hydroxylation is 1. The molecule has 0 aliphatic heterocycles. The number of aliphatic imine (C=N–C) groups is 1. The first-order valence-electron chi connectivity index (χ1n) is 8.30. The molecule has 0 atom stereocenters. The zero-order valence-corrected chi connectivity index (χ0v) is 15.0. The molecule has 0 aliphatic carbocycles. The molecule has 0 aromatic heterocycles. The second-order valence-corrected chi connectivity index (χ2v) is 6.14. The predicted octanol–water partition coefficient (Wildman–Crippen LogP) is 6.03. The third-order valence-corrected chi connectivity index (χ3v) is 4.12. The zero-order valence-electron chi connectivity index (χ0n) is 14.2. The summed E-state index contributed by atoms with van der Waals surface area (Å²) < 4.78 is 0. The predicted molar refractivity (Wildman–Crippen MR) is 103 cm³/mol. The van der Waals surface area contributed by atoms with E-state index < -0.39 is 0 Å². The first kappa shape index (κ1) is 17.6. The molecule has 0 saturated carbocycles. The highest BCUT2D eigenvalue weighted by Gasteiger charge is 2.07. The quantitative estimate of drug-likeness (QED) is 0.567. The number of hydrogen-bond acceptors (Lipinski definition) is 2. The van der Waals surface area contributed by atoms with E-state index in [0.717, 1.165) is 47.8 Å². The van der Waals surface area contributed by atoms with Crippen molar-refractivity contribution in [2.24, 2.45) is 4.99 Å². The van der Waals surface area contributed by atoms with Crippen LogP contribution >= 0.6 is 11.6 Å². The average molecular weight is 329 g/mol. The maximum Gasteiger partial charge on any atom is 0.0659 e. The first-order valence-corrected chi connectivity index (χ1v) is 8.67. The van der Waals surface area contributed by atoms with Crippen molar-refractivity contribution in [1.29, 1.82) is 0 Å². The molecule has 0 spiro atoms. The normalized spacial score (nSPS) is 11.1. The highest BCUT2D eigenvalue weighted by Crippen LogP contribution is 2.24. The first-order chi connectivity index (χ1) is 11.2. The number of halogens is 1. The molecule has 0 radical (unpaired) electrons. The van der Waals surface area contributed by atoms with Crippen LogP contribution in [0.15, 0.2) is 47.5 Å². The molecular formula is C20H25ClN2. The second kappa shape index (κ2) is 8.73. The van der Waals surface area contributed by atoms with E-state index in [0.29, 0.717) is 0 Å². The van der Waals surface area contributed by atoms with E-state index >= 15 is 0 Å². The highest BCUT2D eigenvalue weighted by molar-refractivity contribution is 6.33. The van der Waals surface area contributed by atoms with Crippen molar-refractivity contribution in [2.45, 2.75) is 33.6 Å². The van der Waals surface area contributed by atoms with E-state index in [4.69, 9.17) is 11.6 Å². The highest BCUT2D eigenvalue weighted by atomic mass is 35.5. The maximum absolute atomic E-state index is 6.46. The molecule has 2 aromatic carbocycles. The monoisotopic (exact) mass is 328 g/mol. The summed E-state index contributed by atoms with van der Waals surface area (Å²) in [4.78, 5) is 6.94. The minimum absolute atomic E-state index is 0.747. The third-order valence-electron chi connectivity index (χ3n) is 3.79. The molecule has 0 bridgehead atoms. The Hall–Kier alpha value is -1.80. The number of rotatable bonds is 7. The number of anilines is 1. The van der Waals surface area contributed by atoms with Gasteiger partial charge in [0.1, 0.15) is 0 Å². The van der Waals surface area contributed by atoms with Gasteiger partial charge in [-0.15, -0.1) is 0 Å². The maximum atomic E-state index is 6.46. The van der Waals surface area contributed by atoms with Gasteiger partial charge >= 0.3 is 0 Å². The molecule has 0 unspecified atom stereocenters. The van der Waals surface area contributed by atoms with E-state index in [1.807, 2.05) is 30.5 Å². The molecule has 0 fully saturated rings. The minimum atomic E-state index is 0.747. The van der Waals surface area contributed by atoms with Crippen LogP contribution in [-0.2, 0) is 0 Å². The summed E-state index contributed by atoms with van der Waals surface area (Å²) in [6, 6.07) is 14.3. The molecule has 0 N–H and O–H groups in total. The van der Waals surface area contributed by atoms with E-state index in [-0.39, 0.29) is 0 Å². The summed E-state index contributed by atoms with van der Waals surface area (Å²) in [5, 5.41) is 0.747. The molecule has 2 aromatic rings. The Labute approximate surface area is 144 Å². The van der Waals surface area contributed by atoms with Crippen molar-refractivity contribution in [2.75, 3.05) is 18.0 Å². The van der Waals surface area contributed by atoms with E-state index in [1.165, 1.54) is 5.69 Å². The largest absolute Gasteiger partial charge is 0.372 e. The van der Waals surface area contributed by atoms with Crippen molar-refractivity contribution >= 4 is 29.2 Å². The van der Waals surface area contributed by atoms with E-state index in [1.54, 1.807) is 0 Å². The van der Waals surface area contributed by atoms with Crippen LogP contribution in [0.5, 0.6) is 0 Å². The lowest BCUT2D eigenvalue weighted by atomic mass is 10.2. The summed E-state index contributed by atoms with van der Waals surface area (Å²) in [6.45, 7) is 8.58.